The third kappa shape index (κ3) is 5.37. The van der Waals surface area contributed by atoms with E-state index in [0.717, 1.165) is 12.1 Å². The third-order valence-electron chi connectivity index (χ3n) is 3.29. The van der Waals surface area contributed by atoms with E-state index in [0.29, 0.717) is 10.7 Å². The summed E-state index contributed by atoms with van der Waals surface area (Å²) in [7, 11) is 1.75. The summed E-state index contributed by atoms with van der Waals surface area (Å²) in [6.45, 7) is 2.18. The highest BCUT2D eigenvalue weighted by Crippen LogP contribution is 2.11. The van der Waals surface area contributed by atoms with Crippen molar-refractivity contribution in [3.63, 3.8) is 0 Å². The first-order valence-corrected chi connectivity index (χ1v) is 7.94. The molecular formula is C16H21N5OS. The Morgan fingerprint density at radius 3 is 2.61 bits per heavy atom. The number of unbranched alkanes of at least 4 members (excludes halogenated alkanes) is 1. The molecule has 0 spiro atoms. The molecular weight excluding hydrogens is 310 g/mol. The maximum Gasteiger partial charge on any atom is 0.272 e. The van der Waals surface area contributed by atoms with Gasteiger partial charge in [0.25, 0.3) is 5.91 Å². The molecule has 0 atom stereocenters. The van der Waals surface area contributed by atoms with Gasteiger partial charge in [0.2, 0.25) is 0 Å². The molecule has 0 aliphatic rings. The first kappa shape index (κ1) is 17.0. The van der Waals surface area contributed by atoms with Crippen molar-refractivity contribution in [2.75, 3.05) is 5.32 Å². The molecule has 0 unspecified atom stereocenters. The zero-order valence-electron chi connectivity index (χ0n) is 13.3. The number of aromatic nitrogens is 2. The molecule has 0 saturated heterocycles. The SMILES string of the molecule is CCCCc1ccc(NC(=S)NNC(=O)c2cnn(C)c2)cc1. The molecule has 1 amide bonds. The molecule has 1 aromatic heterocycles. The van der Waals surface area contributed by atoms with Gasteiger partial charge in [0.1, 0.15) is 0 Å². The topological polar surface area (TPSA) is 71.0 Å². The highest BCUT2D eigenvalue weighted by Gasteiger charge is 2.07. The van der Waals surface area contributed by atoms with Gasteiger partial charge in [0.05, 0.1) is 11.8 Å². The summed E-state index contributed by atoms with van der Waals surface area (Å²) in [6.07, 6.45) is 6.57. The molecule has 1 heterocycles. The lowest BCUT2D eigenvalue weighted by Crippen LogP contribution is -2.43. The fourth-order valence-electron chi connectivity index (χ4n) is 2.02. The normalized spacial score (nSPS) is 10.2. The van der Waals surface area contributed by atoms with Crippen LogP contribution in [-0.2, 0) is 13.5 Å². The van der Waals surface area contributed by atoms with E-state index < -0.39 is 0 Å². The summed E-state index contributed by atoms with van der Waals surface area (Å²) in [5.74, 6) is -0.294. The second kappa shape index (κ2) is 8.28. The summed E-state index contributed by atoms with van der Waals surface area (Å²) in [5.41, 5.74) is 7.84. The lowest BCUT2D eigenvalue weighted by molar-refractivity contribution is 0.0944. The molecule has 0 saturated carbocycles. The lowest BCUT2D eigenvalue weighted by atomic mass is 10.1. The van der Waals surface area contributed by atoms with Crippen molar-refractivity contribution in [2.45, 2.75) is 26.2 Å². The number of rotatable bonds is 5. The number of carbonyl (C=O) groups is 1. The second-order valence-corrected chi connectivity index (χ2v) is 5.64. The smallest absolute Gasteiger partial charge is 0.272 e. The van der Waals surface area contributed by atoms with Gasteiger partial charge in [-0.3, -0.25) is 20.3 Å². The molecule has 1 aromatic carbocycles. The van der Waals surface area contributed by atoms with Gasteiger partial charge < -0.3 is 5.32 Å². The van der Waals surface area contributed by atoms with Crippen LogP contribution < -0.4 is 16.2 Å². The van der Waals surface area contributed by atoms with Crippen LogP contribution in [0.15, 0.2) is 36.7 Å². The standard InChI is InChI=1S/C16H21N5OS/c1-3-4-5-12-6-8-14(9-7-12)18-16(23)20-19-15(22)13-10-17-21(2)11-13/h6-11H,3-5H2,1-2H3,(H,19,22)(H2,18,20,23). The number of nitrogens with one attached hydrogen (secondary N) is 3. The van der Waals surface area contributed by atoms with Crippen LogP contribution in [0.1, 0.15) is 35.7 Å². The van der Waals surface area contributed by atoms with Crippen LogP contribution in [0, 0.1) is 0 Å². The average molecular weight is 331 g/mol. The molecule has 122 valence electrons. The zero-order chi connectivity index (χ0) is 16.7. The van der Waals surface area contributed by atoms with Gasteiger partial charge in [-0.15, -0.1) is 0 Å². The van der Waals surface area contributed by atoms with Gasteiger partial charge in [-0.05, 0) is 42.8 Å². The van der Waals surface area contributed by atoms with E-state index in [1.54, 1.807) is 17.9 Å². The Bertz CT molecular complexity index is 665. The van der Waals surface area contributed by atoms with Crippen molar-refractivity contribution >= 4 is 28.9 Å². The molecule has 6 nitrogen and oxygen atoms in total. The number of nitrogens with zero attached hydrogens (tertiary/aromatic N) is 2. The average Bonchev–Trinajstić information content (AvgIpc) is 2.98. The molecule has 7 heteroatoms. The Kier molecular flexibility index (Phi) is 6.10. The van der Waals surface area contributed by atoms with E-state index in [1.807, 2.05) is 12.1 Å². The van der Waals surface area contributed by atoms with Crippen LogP contribution >= 0.6 is 12.2 Å². The van der Waals surface area contributed by atoms with Crippen molar-refractivity contribution in [3.05, 3.63) is 47.8 Å². The Balaban J connectivity index is 1.79. The van der Waals surface area contributed by atoms with E-state index in [4.69, 9.17) is 12.2 Å². The minimum Gasteiger partial charge on any atom is -0.331 e. The minimum absolute atomic E-state index is 0.294. The highest BCUT2D eigenvalue weighted by molar-refractivity contribution is 7.80. The highest BCUT2D eigenvalue weighted by atomic mass is 32.1. The molecule has 0 fully saturated rings. The monoisotopic (exact) mass is 331 g/mol. The first-order chi connectivity index (χ1) is 11.1. The Hall–Kier alpha value is -2.41. The molecule has 0 bridgehead atoms. The van der Waals surface area contributed by atoms with Crippen LogP contribution in [0.3, 0.4) is 0 Å². The van der Waals surface area contributed by atoms with E-state index >= 15 is 0 Å². The van der Waals surface area contributed by atoms with Gasteiger partial charge in [-0.25, -0.2) is 0 Å². The fourth-order valence-corrected chi connectivity index (χ4v) is 2.19. The number of carbonyl (C=O) groups excluding carboxylic acids is 1. The first-order valence-electron chi connectivity index (χ1n) is 7.53. The van der Waals surface area contributed by atoms with E-state index in [1.165, 1.54) is 24.6 Å². The number of anilines is 1. The molecule has 23 heavy (non-hydrogen) atoms. The number of benzene rings is 1. The second-order valence-electron chi connectivity index (χ2n) is 5.24. The Labute approximate surface area is 141 Å². The fraction of sp³-hybridized carbons (Fsp3) is 0.312. The number of amides is 1. The van der Waals surface area contributed by atoms with Gasteiger partial charge in [-0.1, -0.05) is 25.5 Å². The van der Waals surface area contributed by atoms with Gasteiger partial charge >= 0.3 is 0 Å². The van der Waals surface area contributed by atoms with Crippen molar-refractivity contribution < 1.29 is 4.79 Å². The number of thiocarbonyl (C=S) groups is 1. The van der Waals surface area contributed by atoms with Crippen LogP contribution in [0.4, 0.5) is 5.69 Å². The maximum absolute atomic E-state index is 11.8. The summed E-state index contributed by atoms with van der Waals surface area (Å²) >= 11 is 5.15. The van der Waals surface area contributed by atoms with Gasteiger partial charge in [-0.2, -0.15) is 5.10 Å². The van der Waals surface area contributed by atoms with E-state index in [2.05, 4.69) is 40.3 Å². The van der Waals surface area contributed by atoms with E-state index in [-0.39, 0.29) is 5.91 Å². The predicted molar refractivity (Wildman–Crippen MR) is 95.1 cm³/mol. The van der Waals surface area contributed by atoms with Crippen LogP contribution in [0.2, 0.25) is 0 Å². The summed E-state index contributed by atoms with van der Waals surface area (Å²) < 4.78 is 1.56. The number of aryl methyl sites for hydroxylation is 2. The van der Waals surface area contributed by atoms with Crippen LogP contribution in [0.5, 0.6) is 0 Å². The maximum atomic E-state index is 11.8. The van der Waals surface area contributed by atoms with Crippen LogP contribution in [0.25, 0.3) is 0 Å². The number of hydrogen-bond donors (Lipinski definition) is 3. The number of hydrogen-bond acceptors (Lipinski definition) is 3. The van der Waals surface area contributed by atoms with Gasteiger partial charge in [0.15, 0.2) is 5.11 Å². The summed E-state index contributed by atoms with van der Waals surface area (Å²) in [6, 6.07) is 8.10. The molecule has 0 radical (unpaired) electrons. The zero-order valence-corrected chi connectivity index (χ0v) is 14.1. The quantitative estimate of drug-likeness (QED) is 0.580. The Morgan fingerprint density at radius 1 is 1.26 bits per heavy atom. The Morgan fingerprint density at radius 2 is 2.00 bits per heavy atom. The van der Waals surface area contributed by atoms with Crippen molar-refractivity contribution in [1.82, 2.24) is 20.6 Å². The van der Waals surface area contributed by atoms with Crippen molar-refractivity contribution in [3.8, 4) is 0 Å². The van der Waals surface area contributed by atoms with Crippen molar-refractivity contribution in [2.24, 2.45) is 7.05 Å². The molecule has 2 rings (SSSR count). The molecule has 2 aromatic rings. The van der Waals surface area contributed by atoms with Crippen LogP contribution in [-0.4, -0.2) is 20.8 Å². The molecule has 0 aliphatic heterocycles. The summed E-state index contributed by atoms with van der Waals surface area (Å²) in [5, 5.41) is 7.29. The molecule has 3 N–H and O–H groups in total. The van der Waals surface area contributed by atoms with Gasteiger partial charge in [0, 0.05) is 18.9 Å². The van der Waals surface area contributed by atoms with Crippen molar-refractivity contribution in [1.29, 1.82) is 0 Å². The van der Waals surface area contributed by atoms with E-state index in [9.17, 15) is 4.79 Å². The number of hydrazine groups is 1. The largest absolute Gasteiger partial charge is 0.331 e. The molecule has 0 aliphatic carbocycles. The predicted octanol–water partition coefficient (Wildman–Crippen LogP) is 2.39. The summed E-state index contributed by atoms with van der Waals surface area (Å²) in [4.78, 5) is 11.8. The third-order valence-corrected chi connectivity index (χ3v) is 3.49. The minimum atomic E-state index is -0.294. The lowest BCUT2D eigenvalue weighted by Gasteiger charge is -2.11.